The van der Waals surface area contributed by atoms with Crippen molar-refractivity contribution in [1.82, 2.24) is 9.88 Å². The molecule has 176 valence electrons. The smallest absolute Gasteiger partial charge is 0.270 e. The minimum atomic E-state index is -3.48. The monoisotopic (exact) mass is 490 g/mol. The number of amides is 1. The van der Waals surface area contributed by atoms with Gasteiger partial charge in [-0.1, -0.05) is 29.0 Å². The van der Waals surface area contributed by atoms with Crippen LogP contribution in [0.4, 0.5) is 10.8 Å². The van der Waals surface area contributed by atoms with E-state index in [-0.39, 0.29) is 35.1 Å². The van der Waals surface area contributed by atoms with Crippen LogP contribution in [0.3, 0.4) is 0 Å². The van der Waals surface area contributed by atoms with E-state index in [2.05, 4.69) is 4.98 Å². The van der Waals surface area contributed by atoms with Gasteiger partial charge in [-0.15, -0.1) is 0 Å². The molecule has 3 rings (SSSR count). The van der Waals surface area contributed by atoms with Crippen molar-refractivity contribution in [3.05, 3.63) is 58.1 Å². The molecule has 9 nitrogen and oxygen atoms in total. The molecular formula is C22H26N4O5S2. The van der Waals surface area contributed by atoms with Crippen LogP contribution in [0.25, 0.3) is 10.2 Å². The highest BCUT2D eigenvalue weighted by Gasteiger charge is 2.22. The number of fused-ring (bicyclic) bond motifs is 1. The number of hydrogen-bond donors (Lipinski definition) is 0. The average molecular weight is 491 g/mol. The van der Waals surface area contributed by atoms with Gasteiger partial charge in [0, 0.05) is 31.6 Å². The van der Waals surface area contributed by atoms with E-state index in [1.165, 1.54) is 28.4 Å². The van der Waals surface area contributed by atoms with Crippen molar-refractivity contribution in [1.29, 1.82) is 0 Å². The lowest BCUT2D eigenvalue weighted by Crippen LogP contribution is -2.36. The van der Waals surface area contributed by atoms with E-state index in [1.54, 1.807) is 30.3 Å². The molecule has 1 aromatic heterocycles. The molecule has 0 aliphatic rings. The Labute approximate surface area is 196 Å². The van der Waals surface area contributed by atoms with Crippen LogP contribution in [0.15, 0.2) is 47.4 Å². The van der Waals surface area contributed by atoms with Gasteiger partial charge in [0.25, 0.3) is 5.69 Å². The van der Waals surface area contributed by atoms with E-state index in [4.69, 9.17) is 0 Å². The Kier molecular flexibility index (Phi) is 7.77. The van der Waals surface area contributed by atoms with Crippen LogP contribution in [-0.4, -0.2) is 62.1 Å². The number of non-ortho nitro benzene ring substituents is 1. The Bertz CT molecular complexity index is 1250. The second kappa shape index (κ2) is 10.4. The molecule has 0 atom stereocenters. The average Bonchev–Trinajstić information content (AvgIpc) is 3.16. The Balaban J connectivity index is 1.74. The molecule has 0 N–H and O–H groups in total. The van der Waals surface area contributed by atoms with Gasteiger partial charge < -0.3 is 4.90 Å². The molecule has 0 aliphatic carbocycles. The molecule has 0 saturated heterocycles. The quantitative estimate of drug-likeness (QED) is 0.315. The summed E-state index contributed by atoms with van der Waals surface area (Å²) in [4.78, 5) is 31.8. The lowest BCUT2D eigenvalue weighted by Gasteiger charge is -2.22. The van der Waals surface area contributed by atoms with Gasteiger partial charge in [0.2, 0.25) is 5.91 Å². The maximum absolute atomic E-state index is 13.0. The van der Waals surface area contributed by atoms with Crippen LogP contribution in [0.2, 0.25) is 0 Å². The number of aryl methyl sites for hydroxylation is 1. The maximum atomic E-state index is 13.0. The zero-order valence-corrected chi connectivity index (χ0v) is 20.4. The molecule has 33 heavy (non-hydrogen) atoms. The number of thiazole rings is 1. The lowest BCUT2D eigenvalue weighted by molar-refractivity contribution is -0.384. The number of rotatable bonds is 10. The first kappa shape index (κ1) is 24.7. The summed E-state index contributed by atoms with van der Waals surface area (Å²) in [6.45, 7) is 2.85. The Morgan fingerprint density at radius 1 is 1.12 bits per heavy atom. The second-order valence-corrected chi connectivity index (χ2v) is 11.1. The van der Waals surface area contributed by atoms with Crippen molar-refractivity contribution in [2.75, 3.05) is 37.8 Å². The minimum Gasteiger partial charge on any atom is -0.308 e. The van der Waals surface area contributed by atoms with Crippen molar-refractivity contribution in [3.63, 3.8) is 0 Å². The van der Waals surface area contributed by atoms with Gasteiger partial charge in [0.15, 0.2) is 15.0 Å². The van der Waals surface area contributed by atoms with E-state index in [9.17, 15) is 23.3 Å². The van der Waals surface area contributed by atoms with Crippen LogP contribution in [0, 0.1) is 17.0 Å². The summed E-state index contributed by atoms with van der Waals surface area (Å²) in [5, 5.41) is 11.5. The number of likely N-dealkylation sites (N-methyl/N-ethyl adjacent to an activating group) is 1. The molecule has 11 heteroatoms. The number of benzene rings is 2. The third kappa shape index (κ3) is 6.34. The highest BCUT2D eigenvalue weighted by atomic mass is 32.2. The Morgan fingerprint density at radius 2 is 1.82 bits per heavy atom. The predicted molar refractivity (Wildman–Crippen MR) is 130 cm³/mol. The molecule has 1 amide bonds. The van der Waals surface area contributed by atoms with Crippen molar-refractivity contribution in [2.45, 2.75) is 24.7 Å². The van der Waals surface area contributed by atoms with Crippen LogP contribution in [-0.2, 0) is 14.6 Å². The number of carbonyl (C=O) groups is 1. The summed E-state index contributed by atoms with van der Waals surface area (Å²) in [6, 6.07) is 11.0. The van der Waals surface area contributed by atoms with Crippen molar-refractivity contribution in [2.24, 2.45) is 0 Å². The normalized spacial score (nSPS) is 11.8. The SMILES string of the molecule is Cc1ccc(S(=O)(=O)CCCC(=O)N(CCN(C)C)c2nc3ccc([N+](=O)[O-])cc3s2)cc1. The first-order valence-electron chi connectivity index (χ1n) is 10.4. The van der Waals surface area contributed by atoms with Gasteiger partial charge in [-0.3, -0.25) is 19.8 Å². The molecule has 0 fully saturated rings. The zero-order valence-electron chi connectivity index (χ0n) is 18.7. The largest absolute Gasteiger partial charge is 0.308 e. The number of nitrogens with zero attached hydrogens (tertiary/aromatic N) is 4. The number of nitro groups is 1. The number of aromatic nitrogens is 1. The van der Waals surface area contributed by atoms with E-state index >= 15 is 0 Å². The standard InChI is InChI=1S/C22H26N4O5S2/c1-16-6-9-18(10-7-16)33(30,31)14-4-5-21(27)25(13-12-24(2)3)22-23-19-11-8-17(26(28)29)15-20(19)32-22/h6-11,15H,4-5,12-14H2,1-3H3. The molecular weight excluding hydrogens is 464 g/mol. The van der Waals surface area contributed by atoms with E-state index < -0.39 is 14.8 Å². The molecule has 3 aromatic rings. The number of nitro benzene ring substituents is 1. The first-order valence-corrected chi connectivity index (χ1v) is 12.8. The fourth-order valence-electron chi connectivity index (χ4n) is 3.17. The fourth-order valence-corrected chi connectivity index (χ4v) is 5.52. The Hall–Kier alpha value is -2.89. The third-order valence-corrected chi connectivity index (χ3v) is 7.92. The van der Waals surface area contributed by atoms with Gasteiger partial charge in [-0.05, 0) is 45.6 Å². The zero-order chi connectivity index (χ0) is 24.2. The van der Waals surface area contributed by atoms with Gasteiger partial charge in [0.05, 0.1) is 25.8 Å². The topological polar surface area (TPSA) is 114 Å². The molecule has 0 aliphatic heterocycles. The third-order valence-electron chi connectivity index (χ3n) is 5.06. The summed E-state index contributed by atoms with van der Waals surface area (Å²) in [5.41, 5.74) is 1.51. The van der Waals surface area contributed by atoms with E-state index in [0.717, 1.165) is 5.56 Å². The number of anilines is 1. The summed E-state index contributed by atoms with van der Waals surface area (Å²) < 4.78 is 25.8. The molecule has 2 aromatic carbocycles. The summed E-state index contributed by atoms with van der Waals surface area (Å²) in [5.74, 6) is -0.362. The van der Waals surface area contributed by atoms with Gasteiger partial charge in [-0.25, -0.2) is 13.4 Å². The highest BCUT2D eigenvalue weighted by Crippen LogP contribution is 2.32. The predicted octanol–water partition coefficient (Wildman–Crippen LogP) is 3.66. The molecule has 0 saturated carbocycles. The second-order valence-electron chi connectivity index (χ2n) is 7.99. The van der Waals surface area contributed by atoms with Gasteiger partial charge in [0.1, 0.15) is 0 Å². The van der Waals surface area contributed by atoms with E-state index in [0.29, 0.717) is 28.4 Å². The van der Waals surface area contributed by atoms with Gasteiger partial charge in [-0.2, -0.15) is 0 Å². The molecule has 0 radical (unpaired) electrons. The van der Waals surface area contributed by atoms with Gasteiger partial charge >= 0.3 is 0 Å². The summed E-state index contributed by atoms with van der Waals surface area (Å²) in [6.07, 6.45) is 0.235. The van der Waals surface area contributed by atoms with Crippen LogP contribution >= 0.6 is 11.3 Å². The van der Waals surface area contributed by atoms with Crippen molar-refractivity contribution in [3.8, 4) is 0 Å². The summed E-state index contributed by atoms with van der Waals surface area (Å²) >= 11 is 1.21. The number of carbonyl (C=O) groups excluding carboxylic acids is 1. The van der Waals surface area contributed by atoms with Crippen LogP contribution in [0.5, 0.6) is 0 Å². The van der Waals surface area contributed by atoms with Crippen LogP contribution < -0.4 is 4.90 Å². The number of sulfone groups is 1. The van der Waals surface area contributed by atoms with Crippen molar-refractivity contribution >= 4 is 48.1 Å². The fraction of sp³-hybridized carbons (Fsp3) is 0.364. The van der Waals surface area contributed by atoms with E-state index in [1.807, 2.05) is 25.9 Å². The molecule has 0 unspecified atom stereocenters. The molecule has 1 heterocycles. The maximum Gasteiger partial charge on any atom is 0.270 e. The minimum absolute atomic E-state index is 0.0369. The highest BCUT2D eigenvalue weighted by molar-refractivity contribution is 7.91. The van der Waals surface area contributed by atoms with Crippen LogP contribution in [0.1, 0.15) is 18.4 Å². The van der Waals surface area contributed by atoms with Crippen molar-refractivity contribution < 1.29 is 18.1 Å². The first-order chi connectivity index (χ1) is 15.6. The lowest BCUT2D eigenvalue weighted by atomic mass is 10.2. The molecule has 0 spiro atoms. The molecule has 0 bridgehead atoms. The Morgan fingerprint density at radius 3 is 2.45 bits per heavy atom. The summed E-state index contributed by atoms with van der Waals surface area (Å²) in [7, 11) is 0.297. The number of hydrogen-bond acceptors (Lipinski definition) is 8.